The normalized spacial score (nSPS) is 13.5. The third-order valence-electron chi connectivity index (χ3n) is 5.42. The molecule has 0 aliphatic rings. The van der Waals surface area contributed by atoms with Crippen molar-refractivity contribution >= 4 is 17.6 Å². The lowest BCUT2D eigenvalue weighted by Crippen LogP contribution is -2.37. The Morgan fingerprint density at radius 2 is 1.89 bits per heavy atom. The quantitative estimate of drug-likeness (QED) is 0.328. The minimum Gasteiger partial charge on any atom is -0.455 e. The molecule has 1 aromatic carbocycles. The molecule has 0 aliphatic carbocycles. The van der Waals surface area contributed by atoms with E-state index in [4.69, 9.17) is 16.3 Å². The maximum absolute atomic E-state index is 13.2. The molecule has 0 fully saturated rings. The first kappa shape index (κ1) is 27.1. The summed E-state index contributed by atoms with van der Waals surface area (Å²) >= 11 is 5.91. The smallest absolute Gasteiger partial charge is 0.416 e. The number of imidazole rings is 1. The summed E-state index contributed by atoms with van der Waals surface area (Å²) in [6.07, 6.45) is -5.42. The summed E-state index contributed by atoms with van der Waals surface area (Å²) in [4.78, 5) is 33.3. The van der Waals surface area contributed by atoms with Gasteiger partial charge in [-0.15, -0.1) is 10.2 Å². The molecule has 3 aromatic heterocycles. The standard InChI is InChI=1S/C22H22ClF3N8O4/c1-12(38-13(2)35)18-28-17(29-34(18)20-27-8-9-31(20)3)11-33-21(37)32(10-16(36)22(24,25)26)19(30-33)14-4-6-15(23)7-5-14/h4-9,12,16,36H,10-11H2,1-3H3/t12-,16-/m0/s1. The highest BCUT2D eigenvalue weighted by molar-refractivity contribution is 6.30. The van der Waals surface area contributed by atoms with Crippen molar-refractivity contribution in [3.63, 3.8) is 0 Å². The van der Waals surface area contributed by atoms with Crippen LogP contribution in [0.25, 0.3) is 17.3 Å². The van der Waals surface area contributed by atoms with Crippen LogP contribution in [-0.4, -0.2) is 62.0 Å². The van der Waals surface area contributed by atoms with Crippen LogP contribution in [0.3, 0.4) is 0 Å². The van der Waals surface area contributed by atoms with Crippen LogP contribution in [0.2, 0.25) is 5.02 Å². The molecule has 0 spiro atoms. The minimum absolute atomic E-state index is 0.0489. The van der Waals surface area contributed by atoms with Crippen LogP contribution in [0.4, 0.5) is 13.2 Å². The number of alkyl halides is 3. The number of halogens is 4. The van der Waals surface area contributed by atoms with Gasteiger partial charge in [-0.25, -0.2) is 19.4 Å². The largest absolute Gasteiger partial charge is 0.455 e. The summed E-state index contributed by atoms with van der Waals surface area (Å²) in [6.45, 7) is 1.39. The van der Waals surface area contributed by atoms with Crippen molar-refractivity contribution in [2.24, 2.45) is 7.05 Å². The van der Waals surface area contributed by atoms with Crippen molar-refractivity contribution < 1.29 is 27.8 Å². The van der Waals surface area contributed by atoms with Gasteiger partial charge < -0.3 is 14.4 Å². The Bertz CT molecular complexity index is 1510. The van der Waals surface area contributed by atoms with Gasteiger partial charge in [-0.2, -0.15) is 17.9 Å². The van der Waals surface area contributed by atoms with E-state index in [2.05, 4.69) is 20.2 Å². The first-order valence-electron chi connectivity index (χ1n) is 11.1. The zero-order valence-electron chi connectivity index (χ0n) is 20.3. The molecule has 16 heteroatoms. The highest BCUT2D eigenvalue weighted by atomic mass is 35.5. The van der Waals surface area contributed by atoms with E-state index in [0.717, 1.165) is 9.25 Å². The first-order valence-corrected chi connectivity index (χ1v) is 11.5. The third-order valence-corrected chi connectivity index (χ3v) is 5.67. The third kappa shape index (κ3) is 5.62. The van der Waals surface area contributed by atoms with Gasteiger partial charge in [0.2, 0.25) is 5.95 Å². The van der Waals surface area contributed by atoms with E-state index in [1.807, 2.05) is 0 Å². The Hall–Kier alpha value is -3.98. The van der Waals surface area contributed by atoms with E-state index in [9.17, 15) is 27.9 Å². The van der Waals surface area contributed by atoms with Crippen LogP contribution in [0.15, 0.2) is 41.5 Å². The monoisotopic (exact) mass is 554 g/mol. The van der Waals surface area contributed by atoms with Crippen LogP contribution in [0.1, 0.15) is 31.6 Å². The van der Waals surface area contributed by atoms with E-state index in [1.165, 1.54) is 42.1 Å². The lowest BCUT2D eigenvalue weighted by atomic mass is 10.2. The van der Waals surface area contributed by atoms with E-state index < -0.39 is 36.6 Å². The van der Waals surface area contributed by atoms with Gasteiger partial charge in [0, 0.05) is 37.0 Å². The van der Waals surface area contributed by atoms with Crippen molar-refractivity contribution in [1.82, 2.24) is 38.7 Å². The van der Waals surface area contributed by atoms with Gasteiger partial charge in [0.15, 0.2) is 29.7 Å². The topological polar surface area (TPSA) is 135 Å². The predicted octanol–water partition coefficient (Wildman–Crippen LogP) is 2.27. The summed E-state index contributed by atoms with van der Waals surface area (Å²) in [5, 5.41) is 18.6. The summed E-state index contributed by atoms with van der Waals surface area (Å²) in [7, 11) is 1.71. The molecule has 0 saturated carbocycles. The predicted molar refractivity (Wildman–Crippen MR) is 126 cm³/mol. The Labute approximate surface area is 217 Å². The first-order chi connectivity index (χ1) is 17.8. The number of nitrogens with zero attached hydrogens (tertiary/aromatic N) is 8. The van der Waals surface area contributed by atoms with Gasteiger partial charge in [0.1, 0.15) is 6.54 Å². The van der Waals surface area contributed by atoms with Crippen LogP contribution in [0, 0.1) is 0 Å². The maximum Gasteiger partial charge on any atom is 0.416 e. The number of rotatable bonds is 8. The summed E-state index contributed by atoms with van der Waals surface area (Å²) in [5.41, 5.74) is -0.628. The molecule has 0 radical (unpaired) electrons. The maximum atomic E-state index is 13.2. The molecule has 2 atom stereocenters. The summed E-state index contributed by atoms with van der Waals surface area (Å²) in [5.74, 6) is -0.0906. The van der Waals surface area contributed by atoms with Crippen molar-refractivity contribution in [2.75, 3.05) is 0 Å². The number of hydrogen-bond acceptors (Lipinski definition) is 8. The molecule has 4 aromatic rings. The van der Waals surface area contributed by atoms with E-state index >= 15 is 0 Å². The van der Waals surface area contributed by atoms with Crippen LogP contribution in [0.5, 0.6) is 0 Å². The number of hydrogen-bond donors (Lipinski definition) is 1. The van der Waals surface area contributed by atoms with E-state index in [0.29, 0.717) is 16.5 Å². The number of esters is 1. The molecule has 12 nitrogen and oxygen atoms in total. The second kappa shape index (κ2) is 10.4. The fraction of sp³-hybridized carbons (Fsp3) is 0.364. The minimum atomic E-state index is -4.96. The average Bonchev–Trinajstić information content (AvgIpc) is 3.52. The summed E-state index contributed by atoms with van der Waals surface area (Å²) in [6, 6.07) is 5.95. The molecule has 0 saturated heterocycles. The molecule has 38 heavy (non-hydrogen) atoms. The number of ether oxygens (including phenoxy) is 1. The molecule has 0 aliphatic heterocycles. The number of aromatic nitrogens is 8. The summed E-state index contributed by atoms with van der Waals surface area (Å²) < 4.78 is 49.1. The van der Waals surface area contributed by atoms with Crippen molar-refractivity contribution in [1.29, 1.82) is 0 Å². The van der Waals surface area contributed by atoms with Crippen LogP contribution >= 0.6 is 11.6 Å². The molecule has 202 valence electrons. The Morgan fingerprint density at radius 3 is 2.47 bits per heavy atom. The average molecular weight is 555 g/mol. The second-order valence-electron chi connectivity index (χ2n) is 8.33. The number of aliphatic hydroxyl groups excluding tert-OH is 1. The number of benzene rings is 1. The van der Waals surface area contributed by atoms with Gasteiger partial charge in [0.25, 0.3) is 0 Å². The lowest BCUT2D eigenvalue weighted by Gasteiger charge is -2.15. The molecule has 4 rings (SSSR count). The lowest BCUT2D eigenvalue weighted by molar-refractivity contribution is -0.207. The van der Waals surface area contributed by atoms with Crippen molar-refractivity contribution in [3.05, 3.63) is 63.8 Å². The molecule has 1 N–H and O–H groups in total. The number of carbonyl (C=O) groups is 1. The zero-order chi connectivity index (χ0) is 27.8. The highest BCUT2D eigenvalue weighted by Crippen LogP contribution is 2.24. The number of aryl methyl sites for hydroxylation is 1. The van der Waals surface area contributed by atoms with Crippen LogP contribution in [-0.2, 0) is 29.7 Å². The van der Waals surface area contributed by atoms with Crippen LogP contribution < -0.4 is 5.69 Å². The zero-order valence-corrected chi connectivity index (χ0v) is 21.1. The molecular formula is C22H22ClF3N8O4. The fourth-order valence-electron chi connectivity index (χ4n) is 3.64. The van der Waals surface area contributed by atoms with Crippen molar-refractivity contribution in [3.8, 4) is 17.3 Å². The Kier molecular flexibility index (Phi) is 7.42. The van der Waals surface area contributed by atoms with Gasteiger partial charge in [-0.3, -0.25) is 9.36 Å². The molecule has 3 heterocycles. The van der Waals surface area contributed by atoms with Crippen molar-refractivity contribution in [2.45, 2.75) is 45.3 Å². The molecule has 0 unspecified atom stereocenters. The van der Waals surface area contributed by atoms with Gasteiger partial charge in [-0.05, 0) is 31.2 Å². The van der Waals surface area contributed by atoms with Gasteiger partial charge in [-0.1, -0.05) is 11.6 Å². The fourth-order valence-corrected chi connectivity index (χ4v) is 3.77. The number of aliphatic hydroxyl groups is 1. The second-order valence-corrected chi connectivity index (χ2v) is 8.76. The highest BCUT2D eigenvalue weighted by Gasteiger charge is 2.39. The molecular weight excluding hydrogens is 533 g/mol. The van der Waals surface area contributed by atoms with Gasteiger partial charge in [0.05, 0.1) is 6.54 Å². The van der Waals surface area contributed by atoms with E-state index in [-0.39, 0.29) is 24.0 Å². The molecule has 0 bridgehead atoms. The van der Waals surface area contributed by atoms with E-state index in [1.54, 1.807) is 24.7 Å². The SMILES string of the molecule is CC(=O)O[C@@H](C)c1nc(Cn2nc(-c3ccc(Cl)cc3)n(C[C@H](O)C(F)(F)F)c2=O)nn1-c1nccn1C. The Balaban J connectivity index is 1.78. The van der Waals surface area contributed by atoms with Gasteiger partial charge >= 0.3 is 17.8 Å². The molecule has 0 amide bonds. The number of carbonyl (C=O) groups excluding carboxylic acids is 1. The Morgan fingerprint density at radius 1 is 1.21 bits per heavy atom.